The van der Waals surface area contributed by atoms with Crippen molar-refractivity contribution in [3.8, 4) is 11.5 Å². The predicted octanol–water partition coefficient (Wildman–Crippen LogP) is 1.12. The molecule has 0 spiro atoms. The van der Waals surface area contributed by atoms with Crippen molar-refractivity contribution in [2.75, 3.05) is 26.1 Å². The van der Waals surface area contributed by atoms with Crippen LogP contribution in [0.25, 0.3) is 10.9 Å². The fourth-order valence-corrected chi connectivity index (χ4v) is 2.00. The lowest BCUT2D eigenvalue weighted by molar-refractivity contribution is 0.271. The van der Waals surface area contributed by atoms with Crippen LogP contribution in [0.5, 0.6) is 11.5 Å². The van der Waals surface area contributed by atoms with Crippen LogP contribution in [-0.2, 0) is 0 Å². The van der Waals surface area contributed by atoms with Gasteiger partial charge in [0.25, 0.3) is 5.56 Å². The maximum atomic E-state index is 12.1. The van der Waals surface area contributed by atoms with Crippen molar-refractivity contribution < 1.29 is 14.6 Å². The lowest BCUT2D eigenvalue weighted by Crippen LogP contribution is -2.25. The molecule has 2 aromatic rings. The number of aliphatic hydroxyl groups excluding tert-OH is 1. The fraction of sp³-hybridized carbons (Fsp3) is 0.429. The van der Waals surface area contributed by atoms with Gasteiger partial charge in [0.2, 0.25) is 5.95 Å². The number of aromatic nitrogens is 2. The molecule has 1 unspecified atom stereocenters. The second-order valence-electron chi connectivity index (χ2n) is 4.57. The molecule has 114 valence electrons. The monoisotopic (exact) mass is 293 g/mol. The van der Waals surface area contributed by atoms with Crippen LogP contribution in [0.3, 0.4) is 0 Å². The van der Waals surface area contributed by atoms with E-state index in [2.05, 4.69) is 15.3 Å². The summed E-state index contributed by atoms with van der Waals surface area (Å²) in [6.45, 7) is 1.89. The molecule has 1 aromatic heterocycles. The van der Waals surface area contributed by atoms with Crippen molar-refractivity contribution in [1.82, 2.24) is 9.97 Å². The van der Waals surface area contributed by atoms with Crippen LogP contribution in [0.4, 0.5) is 5.95 Å². The van der Waals surface area contributed by atoms with E-state index in [1.165, 1.54) is 14.2 Å². The van der Waals surface area contributed by atoms with Crippen LogP contribution in [0.15, 0.2) is 16.9 Å². The number of benzene rings is 1. The Labute approximate surface area is 121 Å². The molecule has 0 amide bonds. The number of rotatable bonds is 6. The van der Waals surface area contributed by atoms with Gasteiger partial charge in [-0.05, 0) is 12.5 Å². The highest BCUT2D eigenvalue weighted by Gasteiger charge is 2.12. The number of anilines is 1. The molecule has 1 aromatic carbocycles. The normalized spacial score (nSPS) is 12.2. The number of nitrogens with one attached hydrogen (secondary N) is 2. The van der Waals surface area contributed by atoms with Gasteiger partial charge in [0, 0.05) is 6.07 Å². The van der Waals surface area contributed by atoms with E-state index < -0.39 is 0 Å². The molecule has 1 atom stereocenters. The maximum Gasteiger partial charge on any atom is 0.260 e. The zero-order valence-electron chi connectivity index (χ0n) is 12.3. The van der Waals surface area contributed by atoms with Crippen LogP contribution >= 0.6 is 0 Å². The summed E-state index contributed by atoms with van der Waals surface area (Å²) in [6.07, 6.45) is 0.712. The third-order valence-electron chi connectivity index (χ3n) is 3.26. The molecule has 0 radical (unpaired) electrons. The third-order valence-corrected chi connectivity index (χ3v) is 3.26. The molecule has 7 nitrogen and oxygen atoms in total. The number of H-pyrrole nitrogens is 1. The topological polar surface area (TPSA) is 96.5 Å². The lowest BCUT2D eigenvalue weighted by atomic mass is 10.2. The zero-order chi connectivity index (χ0) is 15.4. The molecule has 21 heavy (non-hydrogen) atoms. The minimum Gasteiger partial charge on any atom is -0.493 e. The molecule has 0 aliphatic carbocycles. The smallest absolute Gasteiger partial charge is 0.260 e. The van der Waals surface area contributed by atoms with Gasteiger partial charge in [-0.3, -0.25) is 9.78 Å². The number of methoxy groups -OCH3 is 2. The Morgan fingerprint density at radius 1 is 1.33 bits per heavy atom. The minimum atomic E-state index is -0.281. The number of hydrogen-bond donors (Lipinski definition) is 3. The summed E-state index contributed by atoms with van der Waals surface area (Å²) in [6, 6.07) is 3.08. The molecule has 3 N–H and O–H groups in total. The summed E-state index contributed by atoms with van der Waals surface area (Å²) in [5.41, 5.74) is 0.211. The van der Waals surface area contributed by atoms with Crippen molar-refractivity contribution in [2.24, 2.45) is 0 Å². The van der Waals surface area contributed by atoms with Gasteiger partial charge in [-0.15, -0.1) is 0 Å². The number of aromatic amines is 1. The number of hydrogen-bond acceptors (Lipinski definition) is 6. The van der Waals surface area contributed by atoms with Gasteiger partial charge in [-0.25, -0.2) is 4.98 Å². The van der Waals surface area contributed by atoms with Crippen molar-refractivity contribution in [3.05, 3.63) is 22.5 Å². The van der Waals surface area contributed by atoms with Crippen LogP contribution in [-0.4, -0.2) is 41.9 Å². The molecule has 0 bridgehead atoms. The van der Waals surface area contributed by atoms with Gasteiger partial charge in [0.15, 0.2) is 11.5 Å². The van der Waals surface area contributed by atoms with E-state index in [4.69, 9.17) is 9.47 Å². The first-order valence-corrected chi connectivity index (χ1v) is 6.66. The molecule has 0 fully saturated rings. The van der Waals surface area contributed by atoms with Crippen molar-refractivity contribution >= 4 is 16.9 Å². The molecular weight excluding hydrogens is 274 g/mol. The third kappa shape index (κ3) is 3.08. The van der Waals surface area contributed by atoms with Crippen molar-refractivity contribution in [3.63, 3.8) is 0 Å². The van der Waals surface area contributed by atoms with Gasteiger partial charge < -0.3 is 19.9 Å². The average Bonchev–Trinajstić information content (AvgIpc) is 2.51. The van der Waals surface area contributed by atoms with Crippen molar-refractivity contribution in [2.45, 2.75) is 19.4 Å². The Balaban J connectivity index is 2.51. The van der Waals surface area contributed by atoms with Crippen LogP contribution in [0, 0.1) is 0 Å². The van der Waals surface area contributed by atoms with Gasteiger partial charge in [-0.2, -0.15) is 0 Å². The van der Waals surface area contributed by atoms with Gasteiger partial charge >= 0.3 is 0 Å². The fourth-order valence-electron chi connectivity index (χ4n) is 2.00. The van der Waals surface area contributed by atoms with E-state index in [0.717, 1.165) is 0 Å². The van der Waals surface area contributed by atoms with E-state index in [-0.39, 0.29) is 18.2 Å². The SMILES string of the molecule is CCC(CO)Nc1nc2cc(OC)c(OC)cc2c(=O)[nH]1. The van der Waals surface area contributed by atoms with E-state index in [9.17, 15) is 9.90 Å². The Bertz CT molecular complexity index is 680. The highest BCUT2D eigenvalue weighted by atomic mass is 16.5. The van der Waals surface area contributed by atoms with Gasteiger partial charge in [0.1, 0.15) is 0 Å². The van der Waals surface area contributed by atoms with E-state index in [1.54, 1.807) is 12.1 Å². The summed E-state index contributed by atoms with van der Waals surface area (Å²) >= 11 is 0. The first kappa shape index (κ1) is 15.1. The Morgan fingerprint density at radius 3 is 2.57 bits per heavy atom. The first-order valence-electron chi connectivity index (χ1n) is 6.66. The summed E-state index contributed by atoms with van der Waals surface area (Å²) in [7, 11) is 3.03. The van der Waals surface area contributed by atoms with Gasteiger partial charge in [-0.1, -0.05) is 6.92 Å². The Hall–Kier alpha value is -2.28. The van der Waals surface area contributed by atoms with E-state index >= 15 is 0 Å². The van der Waals surface area contributed by atoms with Crippen LogP contribution in [0.2, 0.25) is 0 Å². The van der Waals surface area contributed by atoms with Crippen LogP contribution in [0.1, 0.15) is 13.3 Å². The number of fused-ring (bicyclic) bond motifs is 1. The highest BCUT2D eigenvalue weighted by Crippen LogP contribution is 2.30. The average molecular weight is 293 g/mol. The molecule has 0 saturated carbocycles. The Morgan fingerprint density at radius 2 is 2.00 bits per heavy atom. The number of nitrogens with zero attached hydrogens (tertiary/aromatic N) is 1. The first-order chi connectivity index (χ1) is 10.1. The minimum absolute atomic E-state index is 0.0375. The van der Waals surface area contributed by atoms with Crippen molar-refractivity contribution in [1.29, 1.82) is 0 Å². The quantitative estimate of drug-likeness (QED) is 0.738. The summed E-state index contributed by atoms with van der Waals surface area (Å²) in [5.74, 6) is 1.30. The summed E-state index contributed by atoms with van der Waals surface area (Å²) in [5, 5.41) is 12.6. The summed E-state index contributed by atoms with van der Waals surface area (Å²) < 4.78 is 10.4. The lowest BCUT2D eigenvalue weighted by Gasteiger charge is -2.15. The largest absolute Gasteiger partial charge is 0.493 e. The number of aliphatic hydroxyl groups is 1. The predicted molar refractivity (Wildman–Crippen MR) is 80.3 cm³/mol. The molecule has 0 aliphatic heterocycles. The maximum absolute atomic E-state index is 12.1. The van der Waals surface area contributed by atoms with Crippen LogP contribution < -0.4 is 20.3 Å². The molecule has 0 aliphatic rings. The van der Waals surface area contributed by atoms with E-state index in [1.807, 2.05) is 6.92 Å². The second kappa shape index (κ2) is 6.45. The van der Waals surface area contributed by atoms with Gasteiger partial charge in [0.05, 0.1) is 37.8 Å². The Kier molecular flexibility index (Phi) is 4.64. The van der Waals surface area contributed by atoms with E-state index in [0.29, 0.717) is 34.8 Å². The molecule has 1 heterocycles. The summed E-state index contributed by atoms with van der Waals surface area (Å²) in [4.78, 5) is 19.1. The zero-order valence-corrected chi connectivity index (χ0v) is 12.3. The molecule has 0 saturated heterocycles. The standard InChI is InChI=1S/C14H19N3O4/c1-4-8(7-18)15-14-16-10-6-12(21-3)11(20-2)5-9(10)13(19)17-14/h5-6,8,18H,4,7H2,1-3H3,(H2,15,16,17,19). The molecule has 2 rings (SSSR count). The molecule has 7 heteroatoms. The molecular formula is C14H19N3O4. The number of ether oxygens (including phenoxy) is 2. The second-order valence-corrected chi connectivity index (χ2v) is 4.57. The highest BCUT2D eigenvalue weighted by molar-refractivity contribution is 5.82.